The predicted molar refractivity (Wildman–Crippen MR) is 85.8 cm³/mol. The van der Waals surface area contributed by atoms with Gasteiger partial charge in [0.15, 0.2) is 0 Å². The molecule has 1 heterocycles. The first-order valence-corrected chi connectivity index (χ1v) is 7.13. The second-order valence-corrected chi connectivity index (χ2v) is 5.58. The fourth-order valence-electron chi connectivity index (χ4n) is 1.65. The third-order valence-corrected chi connectivity index (χ3v) is 4.19. The fourth-order valence-corrected chi connectivity index (χ4v) is 2.82. The lowest BCUT2D eigenvalue weighted by Crippen LogP contribution is -2.27. The van der Waals surface area contributed by atoms with E-state index in [1.165, 1.54) is 11.8 Å². The Balaban J connectivity index is 0.00000200. The van der Waals surface area contributed by atoms with Crippen molar-refractivity contribution in [1.29, 1.82) is 0 Å². The summed E-state index contributed by atoms with van der Waals surface area (Å²) < 4.78 is 0. The molecule has 0 aliphatic rings. The lowest BCUT2D eigenvalue weighted by molar-refractivity contribution is 0.265. The van der Waals surface area contributed by atoms with E-state index in [2.05, 4.69) is 4.98 Å². The van der Waals surface area contributed by atoms with Gasteiger partial charge in [0.05, 0.1) is 11.6 Å². The van der Waals surface area contributed by atoms with Gasteiger partial charge in [-0.15, -0.1) is 12.4 Å². The van der Waals surface area contributed by atoms with Crippen molar-refractivity contribution in [3.05, 3.63) is 53.2 Å². The summed E-state index contributed by atoms with van der Waals surface area (Å²) in [7, 11) is 0. The second kappa shape index (κ2) is 8.49. The van der Waals surface area contributed by atoms with Crippen LogP contribution in [0.15, 0.2) is 52.5 Å². The molecule has 0 aliphatic carbocycles. The van der Waals surface area contributed by atoms with E-state index in [0.717, 1.165) is 15.5 Å². The average molecular weight is 331 g/mol. The van der Waals surface area contributed by atoms with Crippen LogP contribution in [0.2, 0.25) is 5.02 Å². The largest absolute Gasteiger partial charge is 0.395 e. The third-order valence-electron chi connectivity index (χ3n) is 2.61. The maximum atomic E-state index is 9.05. The van der Waals surface area contributed by atoms with Crippen molar-refractivity contribution in [1.82, 2.24) is 4.98 Å². The highest BCUT2D eigenvalue weighted by molar-refractivity contribution is 7.99. The summed E-state index contributed by atoms with van der Waals surface area (Å²) in [5.41, 5.74) is 6.81. The van der Waals surface area contributed by atoms with Crippen LogP contribution in [0.1, 0.15) is 5.56 Å². The quantitative estimate of drug-likeness (QED) is 0.883. The average Bonchev–Trinajstić information content (AvgIpc) is 2.43. The molecule has 1 atom stereocenters. The normalized spacial score (nSPS) is 11.8. The van der Waals surface area contributed by atoms with Crippen molar-refractivity contribution in [2.24, 2.45) is 5.73 Å². The number of hydrogen-bond donors (Lipinski definition) is 2. The van der Waals surface area contributed by atoms with Crippen LogP contribution < -0.4 is 5.73 Å². The van der Waals surface area contributed by atoms with Crippen LogP contribution in [0.25, 0.3) is 0 Å². The van der Waals surface area contributed by atoms with Crippen molar-refractivity contribution in [3.63, 3.8) is 0 Å². The molecule has 0 amide bonds. The lowest BCUT2D eigenvalue weighted by Gasteiger charge is -2.12. The van der Waals surface area contributed by atoms with Crippen LogP contribution in [0.5, 0.6) is 0 Å². The molecule has 6 heteroatoms. The van der Waals surface area contributed by atoms with E-state index in [0.29, 0.717) is 11.4 Å². The van der Waals surface area contributed by atoms with Crippen LogP contribution in [0.4, 0.5) is 0 Å². The summed E-state index contributed by atoms with van der Waals surface area (Å²) in [5.74, 6) is 0. The monoisotopic (exact) mass is 330 g/mol. The van der Waals surface area contributed by atoms with Gasteiger partial charge in [-0.05, 0) is 30.2 Å². The number of halogens is 2. The first-order chi connectivity index (χ1) is 9.20. The minimum Gasteiger partial charge on any atom is -0.395 e. The summed E-state index contributed by atoms with van der Waals surface area (Å²) in [4.78, 5) is 5.33. The van der Waals surface area contributed by atoms with Crippen LogP contribution in [-0.2, 0) is 6.42 Å². The molecule has 0 saturated heterocycles. The van der Waals surface area contributed by atoms with Gasteiger partial charge in [-0.2, -0.15) is 0 Å². The molecule has 20 heavy (non-hydrogen) atoms. The molecule has 0 spiro atoms. The van der Waals surface area contributed by atoms with Crippen molar-refractivity contribution < 1.29 is 5.11 Å². The minimum atomic E-state index is -0.269. The number of aliphatic hydroxyl groups excluding tert-OH is 1. The maximum Gasteiger partial charge on any atom is 0.104 e. The lowest BCUT2D eigenvalue weighted by atomic mass is 10.1. The Morgan fingerprint density at radius 1 is 1.25 bits per heavy atom. The minimum absolute atomic E-state index is 0. The second-order valence-electron chi connectivity index (χ2n) is 4.15. The summed E-state index contributed by atoms with van der Waals surface area (Å²) >= 11 is 7.66. The van der Waals surface area contributed by atoms with Crippen LogP contribution >= 0.6 is 35.8 Å². The Morgan fingerprint density at radius 2 is 2.00 bits per heavy atom. The number of aliphatic hydroxyl groups is 1. The molecule has 3 nitrogen and oxygen atoms in total. The summed E-state index contributed by atoms with van der Waals surface area (Å²) in [6.07, 6.45) is 2.34. The molecule has 2 aromatic rings. The van der Waals surface area contributed by atoms with Crippen LogP contribution in [0.3, 0.4) is 0 Å². The standard InChI is InChI=1S/C14H15ClN2OS.ClH/c15-12-5-1-2-6-13(12)19-14-10(4-3-7-17-14)8-11(16)9-18;/h1-7,11,18H,8-9,16H2;1H. The Morgan fingerprint density at radius 3 is 2.70 bits per heavy atom. The molecule has 0 saturated carbocycles. The van der Waals surface area contributed by atoms with Gasteiger partial charge in [0.25, 0.3) is 0 Å². The van der Waals surface area contributed by atoms with Gasteiger partial charge in [0.2, 0.25) is 0 Å². The van der Waals surface area contributed by atoms with Gasteiger partial charge in [0, 0.05) is 17.1 Å². The molecule has 0 radical (unpaired) electrons. The van der Waals surface area contributed by atoms with E-state index in [1.54, 1.807) is 6.20 Å². The zero-order chi connectivity index (χ0) is 13.7. The summed E-state index contributed by atoms with van der Waals surface area (Å²) in [6.45, 7) is -0.0366. The molecule has 0 fully saturated rings. The molecule has 2 rings (SSSR count). The van der Waals surface area contributed by atoms with Crippen molar-refractivity contribution in [2.45, 2.75) is 22.4 Å². The zero-order valence-electron chi connectivity index (χ0n) is 10.7. The van der Waals surface area contributed by atoms with Gasteiger partial charge >= 0.3 is 0 Å². The highest BCUT2D eigenvalue weighted by Gasteiger charge is 2.10. The van der Waals surface area contributed by atoms with E-state index >= 15 is 0 Å². The van der Waals surface area contributed by atoms with E-state index in [9.17, 15) is 0 Å². The van der Waals surface area contributed by atoms with Crippen molar-refractivity contribution in [3.8, 4) is 0 Å². The molecule has 3 N–H and O–H groups in total. The summed E-state index contributed by atoms with van der Waals surface area (Å²) in [5, 5.41) is 10.6. The van der Waals surface area contributed by atoms with Crippen LogP contribution in [-0.4, -0.2) is 22.7 Å². The van der Waals surface area contributed by atoms with E-state index < -0.39 is 0 Å². The van der Waals surface area contributed by atoms with Crippen molar-refractivity contribution in [2.75, 3.05) is 6.61 Å². The van der Waals surface area contributed by atoms with E-state index in [4.69, 9.17) is 22.4 Å². The first kappa shape index (κ1) is 17.3. The summed E-state index contributed by atoms with van der Waals surface area (Å²) in [6, 6.07) is 11.2. The molecule has 1 aromatic carbocycles. The van der Waals surface area contributed by atoms with Gasteiger partial charge in [-0.3, -0.25) is 0 Å². The topological polar surface area (TPSA) is 59.1 Å². The molecule has 1 aromatic heterocycles. The van der Waals surface area contributed by atoms with Gasteiger partial charge in [0.1, 0.15) is 5.03 Å². The number of aromatic nitrogens is 1. The third kappa shape index (κ3) is 4.65. The number of hydrogen-bond acceptors (Lipinski definition) is 4. The predicted octanol–water partition coefficient (Wildman–Crippen LogP) is 3.17. The number of nitrogens with two attached hydrogens (primary N) is 1. The fraction of sp³-hybridized carbons (Fsp3) is 0.214. The zero-order valence-corrected chi connectivity index (χ0v) is 13.1. The highest BCUT2D eigenvalue weighted by atomic mass is 35.5. The molecular formula is C14H16Cl2N2OS. The number of pyridine rings is 1. The van der Waals surface area contributed by atoms with Gasteiger partial charge in [-0.1, -0.05) is 41.6 Å². The number of rotatable bonds is 5. The molecule has 108 valence electrons. The molecule has 1 unspecified atom stereocenters. The van der Waals surface area contributed by atoms with Gasteiger partial charge < -0.3 is 10.8 Å². The Kier molecular flexibility index (Phi) is 7.34. The van der Waals surface area contributed by atoms with Gasteiger partial charge in [-0.25, -0.2) is 4.98 Å². The SMILES string of the molecule is Cl.NC(CO)Cc1cccnc1Sc1ccccc1Cl. The number of benzene rings is 1. The first-order valence-electron chi connectivity index (χ1n) is 5.93. The van der Waals surface area contributed by atoms with Crippen molar-refractivity contribution >= 4 is 35.8 Å². The van der Waals surface area contributed by atoms with E-state index in [-0.39, 0.29) is 25.1 Å². The Labute approximate surface area is 134 Å². The molecule has 0 aliphatic heterocycles. The van der Waals surface area contributed by atoms with E-state index in [1.807, 2.05) is 36.4 Å². The molecular weight excluding hydrogens is 315 g/mol. The maximum absolute atomic E-state index is 9.05. The highest BCUT2D eigenvalue weighted by Crippen LogP contribution is 2.33. The number of nitrogens with zero attached hydrogens (tertiary/aromatic N) is 1. The Hall–Kier alpha value is -0.780. The molecule has 0 bridgehead atoms. The van der Waals surface area contributed by atoms with Crippen LogP contribution in [0, 0.1) is 0 Å². The smallest absolute Gasteiger partial charge is 0.104 e. The Bertz CT molecular complexity index is 554.